The average molecular weight is 463 g/mol. The van der Waals surface area contributed by atoms with Crippen LogP contribution in [0.15, 0.2) is 29.1 Å². The highest BCUT2D eigenvalue weighted by Crippen LogP contribution is 2.34. The van der Waals surface area contributed by atoms with Crippen molar-refractivity contribution in [1.29, 1.82) is 0 Å². The molecule has 1 heterocycles. The van der Waals surface area contributed by atoms with Gasteiger partial charge in [-0.3, -0.25) is 14.2 Å². The molecule has 144 valence electrons. The molecule has 0 fully saturated rings. The first-order valence-electron chi connectivity index (χ1n) is 7.31. The number of hydrogen-bond acceptors (Lipinski definition) is 6. The standard InChI is InChI=1S/C15H15Cl4NO5S/c1-23-8-9(6-16)24-13(15(17,18)19)25-12(21)7-20-10-4-2-3-5-11(10)26-14(20)22/h2-5,9,13H,6-8H2,1H3. The Morgan fingerprint density at radius 1 is 1.31 bits per heavy atom. The molecular weight excluding hydrogens is 448 g/mol. The molecule has 0 radical (unpaired) electrons. The van der Waals surface area contributed by atoms with Crippen LogP contribution in [0.3, 0.4) is 0 Å². The molecule has 0 bridgehead atoms. The minimum atomic E-state index is -2.05. The number of nitrogens with zero attached hydrogens (tertiary/aromatic N) is 1. The van der Waals surface area contributed by atoms with Crippen LogP contribution in [0.25, 0.3) is 10.2 Å². The number of benzene rings is 1. The molecule has 0 aliphatic rings. The first-order chi connectivity index (χ1) is 12.3. The van der Waals surface area contributed by atoms with Gasteiger partial charge in [-0.25, -0.2) is 0 Å². The van der Waals surface area contributed by atoms with Gasteiger partial charge in [-0.05, 0) is 12.1 Å². The average Bonchev–Trinajstić information content (AvgIpc) is 2.88. The van der Waals surface area contributed by atoms with Crippen LogP contribution in [0.5, 0.6) is 0 Å². The first-order valence-corrected chi connectivity index (χ1v) is 9.79. The summed E-state index contributed by atoms with van der Waals surface area (Å²) in [6.45, 7) is -0.230. The molecule has 26 heavy (non-hydrogen) atoms. The predicted octanol–water partition coefficient (Wildman–Crippen LogP) is 3.57. The highest BCUT2D eigenvalue weighted by molar-refractivity contribution is 7.16. The Labute approximate surface area is 173 Å². The molecular formula is C15H15Cl4NO5S. The summed E-state index contributed by atoms with van der Waals surface area (Å²) < 4.78 is 15.5. The topological polar surface area (TPSA) is 66.8 Å². The summed E-state index contributed by atoms with van der Waals surface area (Å²) in [4.78, 5) is 24.1. The van der Waals surface area contributed by atoms with E-state index < -0.39 is 22.2 Å². The fourth-order valence-corrected chi connectivity index (χ4v) is 3.44. The maximum absolute atomic E-state index is 12.3. The molecule has 2 unspecified atom stereocenters. The van der Waals surface area contributed by atoms with Gasteiger partial charge in [0.15, 0.2) is 0 Å². The van der Waals surface area contributed by atoms with E-state index in [2.05, 4.69) is 0 Å². The molecule has 2 atom stereocenters. The fourth-order valence-electron chi connectivity index (χ4n) is 2.10. The van der Waals surface area contributed by atoms with Gasteiger partial charge in [0, 0.05) is 7.11 Å². The van der Waals surface area contributed by atoms with Crippen molar-refractivity contribution in [3.05, 3.63) is 33.9 Å². The Morgan fingerprint density at radius 2 is 2.00 bits per heavy atom. The molecule has 0 saturated heterocycles. The second-order valence-corrected chi connectivity index (χ2v) is 8.82. The molecule has 0 saturated carbocycles. The van der Waals surface area contributed by atoms with Crippen LogP contribution in [0.2, 0.25) is 0 Å². The number of carbonyl (C=O) groups excluding carboxylic acids is 1. The lowest BCUT2D eigenvalue weighted by atomic mass is 10.3. The lowest BCUT2D eigenvalue weighted by Gasteiger charge is -2.27. The number of esters is 1. The van der Waals surface area contributed by atoms with Crippen molar-refractivity contribution >= 4 is 73.9 Å². The number of rotatable bonds is 8. The lowest BCUT2D eigenvalue weighted by molar-refractivity contribution is -0.191. The molecule has 0 aliphatic carbocycles. The van der Waals surface area contributed by atoms with Gasteiger partial charge in [0.1, 0.15) is 6.54 Å². The molecule has 0 N–H and O–H groups in total. The number of thiazole rings is 1. The van der Waals surface area contributed by atoms with E-state index in [-0.39, 0.29) is 23.9 Å². The normalized spacial score (nSPS) is 14.3. The molecule has 1 aromatic heterocycles. The van der Waals surface area contributed by atoms with Crippen LogP contribution in [0.1, 0.15) is 0 Å². The largest absolute Gasteiger partial charge is 0.430 e. The third-order valence-electron chi connectivity index (χ3n) is 3.21. The Hall–Kier alpha value is -0.540. The van der Waals surface area contributed by atoms with E-state index in [1.165, 1.54) is 11.7 Å². The van der Waals surface area contributed by atoms with Crippen LogP contribution in [0.4, 0.5) is 0 Å². The zero-order chi connectivity index (χ0) is 19.3. The maximum atomic E-state index is 12.3. The number of hydrogen-bond donors (Lipinski definition) is 0. The quantitative estimate of drug-likeness (QED) is 0.340. The summed E-state index contributed by atoms with van der Waals surface area (Å²) >= 11 is 24.3. The molecule has 0 spiro atoms. The van der Waals surface area contributed by atoms with E-state index in [4.69, 9.17) is 60.6 Å². The zero-order valence-corrected chi connectivity index (χ0v) is 17.3. The number of halogens is 4. The van der Waals surface area contributed by atoms with Crippen molar-refractivity contribution in [1.82, 2.24) is 4.57 Å². The third kappa shape index (κ3) is 5.73. The number of alkyl halides is 4. The first kappa shape index (κ1) is 21.8. The van der Waals surface area contributed by atoms with Gasteiger partial charge < -0.3 is 14.2 Å². The minimum absolute atomic E-state index is 0.0390. The molecule has 2 aromatic rings. The smallest absolute Gasteiger partial charge is 0.328 e. The van der Waals surface area contributed by atoms with E-state index in [0.717, 1.165) is 16.0 Å². The van der Waals surface area contributed by atoms with E-state index >= 15 is 0 Å². The second-order valence-electron chi connectivity index (χ2n) is 5.15. The second kappa shape index (κ2) is 9.59. The molecule has 0 aliphatic heterocycles. The fraction of sp³-hybridized carbons (Fsp3) is 0.467. The molecule has 0 amide bonds. The zero-order valence-electron chi connectivity index (χ0n) is 13.5. The summed E-state index contributed by atoms with van der Waals surface area (Å²) in [5, 5.41) is 0. The van der Waals surface area contributed by atoms with Gasteiger partial charge in [0.05, 0.1) is 28.8 Å². The number of aromatic nitrogens is 1. The summed E-state index contributed by atoms with van der Waals surface area (Å²) in [5.74, 6) is -0.755. The predicted molar refractivity (Wildman–Crippen MR) is 104 cm³/mol. The molecule has 6 nitrogen and oxygen atoms in total. The van der Waals surface area contributed by atoms with E-state index in [0.29, 0.717) is 5.52 Å². The Morgan fingerprint density at radius 3 is 2.62 bits per heavy atom. The lowest BCUT2D eigenvalue weighted by Crippen LogP contribution is -2.40. The van der Waals surface area contributed by atoms with Gasteiger partial charge in [-0.2, -0.15) is 0 Å². The molecule has 1 aromatic carbocycles. The minimum Gasteiger partial charge on any atom is -0.430 e. The maximum Gasteiger partial charge on any atom is 0.328 e. The number of ether oxygens (including phenoxy) is 3. The summed E-state index contributed by atoms with van der Waals surface area (Å²) in [7, 11) is 1.45. The summed E-state index contributed by atoms with van der Waals surface area (Å²) in [6.07, 6.45) is -2.17. The van der Waals surface area contributed by atoms with Crippen molar-refractivity contribution in [3.63, 3.8) is 0 Å². The van der Waals surface area contributed by atoms with Crippen molar-refractivity contribution in [2.24, 2.45) is 0 Å². The van der Waals surface area contributed by atoms with Gasteiger partial charge >= 0.3 is 10.8 Å². The number of fused-ring (bicyclic) bond motifs is 1. The highest BCUT2D eigenvalue weighted by atomic mass is 35.6. The van der Waals surface area contributed by atoms with Crippen molar-refractivity contribution in [2.45, 2.75) is 22.7 Å². The van der Waals surface area contributed by atoms with Gasteiger partial charge in [-0.1, -0.05) is 58.3 Å². The van der Waals surface area contributed by atoms with Crippen LogP contribution >= 0.6 is 57.7 Å². The van der Waals surface area contributed by atoms with Gasteiger partial charge in [-0.15, -0.1) is 11.6 Å². The van der Waals surface area contributed by atoms with Crippen LogP contribution in [0, 0.1) is 0 Å². The van der Waals surface area contributed by atoms with Crippen LogP contribution in [-0.2, 0) is 25.5 Å². The Kier molecular flexibility index (Phi) is 8.03. The third-order valence-corrected chi connectivity index (χ3v) is 5.05. The van der Waals surface area contributed by atoms with E-state index in [1.807, 2.05) is 0 Å². The van der Waals surface area contributed by atoms with Crippen molar-refractivity contribution < 1.29 is 19.0 Å². The van der Waals surface area contributed by atoms with Gasteiger partial charge in [0.2, 0.25) is 0 Å². The molecule has 2 rings (SSSR count). The van der Waals surface area contributed by atoms with E-state index in [1.54, 1.807) is 24.3 Å². The monoisotopic (exact) mass is 461 g/mol. The van der Waals surface area contributed by atoms with E-state index in [9.17, 15) is 9.59 Å². The number of para-hydroxylation sites is 1. The Balaban J connectivity index is 2.14. The highest BCUT2D eigenvalue weighted by Gasteiger charge is 2.39. The SMILES string of the molecule is COCC(CCl)OC(OC(=O)Cn1c(=O)sc2ccccc21)C(Cl)(Cl)Cl. The number of methoxy groups -OCH3 is 1. The Bertz CT molecular complexity index is 803. The summed E-state index contributed by atoms with van der Waals surface area (Å²) in [6, 6.07) is 7.08. The van der Waals surface area contributed by atoms with Gasteiger partial charge in [0.25, 0.3) is 10.1 Å². The number of carbonyl (C=O) groups is 1. The molecule has 11 heteroatoms. The summed E-state index contributed by atoms with van der Waals surface area (Å²) in [5.41, 5.74) is 0.615. The van der Waals surface area contributed by atoms with Crippen LogP contribution < -0.4 is 4.87 Å². The van der Waals surface area contributed by atoms with Crippen molar-refractivity contribution in [2.75, 3.05) is 19.6 Å². The van der Waals surface area contributed by atoms with Crippen molar-refractivity contribution in [3.8, 4) is 0 Å². The van der Waals surface area contributed by atoms with Crippen LogP contribution in [-0.4, -0.2) is 46.3 Å².